The maximum Gasteiger partial charge on any atom is 0.228 e. The highest BCUT2D eigenvalue weighted by Crippen LogP contribution is 2.41. The van der Waals surface area contributed by atoms with Gasteiger partial charge in [0, 0.05) is 17.1 Å². The normalized spacial score (nSPS) is 22.9. The Labute approximate surface area is 134 Å². The Kier molecular flexibility index (Phi) is 4.00. The molecule has 1 aromatic carbocycles. The maximum atomic E-state index is 12.3. The number of ether oxygens (including phenoxy) is 1. The number of carbonyl (C=O) groups excluding carboxylic acids is 2. The van der Waals surface area contributed by atoms with E-state index in [9.17, 15) is 9.59 Å². The Morgan fingerprint density at radius 3 is 2.55 bits per heavy atom. The maximum absolute atomic E-state index is 12.3. The second-order valence-corrected chi connectivity index (χ2v) is 6.43. The van der Waals surface area contributed by atoms with Crippen molar-refractivity contribution >= 4 is 29.1 Å². The van der Waals surface area contributed by atoms with Crippen LogP contribution in [0, 0.1) is 18.8 Å². The molecule has 2 fully saturated rings. The van der Waals surface area contributed by atoms with E-state index in [-0.39, 0.29) is 23.7 Å². The quantitative estimate of drug-likeness (QED) is 0.875. The van der Waals surface area contributed by atoms with Gasteiger partial charge in [-0.05, 0) is 37.8 Å². The number of nitrogens with one attached hydrogen (secondary N) is 2. The van der Waals surface area contributed by atoms with E-state index >= 15 is 0 Å². The molecule has 0 spiro atoms. The number of benzene rings is 1. The van der Waals surface area contributed by atoms with Gasteiger partial charge in [-0.25, -0.2) is 0 Å². The van der Waals surface area contributed by atoms with Crippen molar-refractivity contribution in [1.29, 1.82) is 0 Å². The van der Waals surface area contributed by atoms with Crippen molar-refractivity contribution in [3.8, 4) is 5.75 Å². The molecule has 118 valence electrons. The first-order valence-electron chi connectivity index (χ1n) is 7.45. The topological polar surface area (TPSA) is 67.4 Å². The molecule has 2 unspecified atom stereocenters. The van der Waals surface area contributed by atoms with Crippen LogP contribution in [0.2, 0.25) is 5.02 Å². The second-order valence-electron chi connectivity index (χ2n) is 6.02. The molecule has 0 aromatic heterocycles. The van der Waals surface area contributed by atoms with Crippen molar-refractivity contribution in [3.05, 3.63) is 22.7 Å². The van der Waals surface area contributed by atoms with Gasteiger partial charge < -0.3 is 15.4 Å². The molecule has 22 heavy (non-hydrogen) atoms. The summed E-state index contributed by atoms with van der Waals surface area (Å²) >= 11 is 6.05. The van der Waals surface area contributed by atoms with Gasteiger partial charge >= 0.3 is 0 Å². The number of rotatable bonds is 5. The number of hydrogen-bond donors (Lipinski definition) is 2. The van der Waals surface area contributed by atoms with Crippen molar-refractivity contribution in [2.45, 2.75) is 32.2 Å². The number of aryl methyl sites for hydroxylation is 1. The fourth-order valence-electron chi connectivity index (χ4n) is 2.47. The molecule has 2 aliphatic carbocycles. The van der Waals surface area contributed by atoms with Crippen LogP contribution in [0.5, 0.6) is 5.75 Å². The SMILES string of the molecule is COc1cc(Cl)c(C)cc1NC(=O)C1CC1C(=O)NC1CC1. The molecule has 1 aromatic rings. The zero-order valence-electron chi connectivity index (χ0n) is 12.6. The minimum Gasteiger partial charge on any atom is -0.495 e. The average molecular weight is 323 g/mol. The number of anilines is 1. The van der Waals surface area contributed by atoms with E-state index in [1.807, 2.05) is 6.92 Å². The molecule has 2 atom stereocenters. The molecule has 0 bridgehead atoms. The molecule has 0 aliphatic heterocycles. The first-order chi connectivity index (χ1) is 10.5. The minimum atomic E-state index is -0.251. The first-order valence-corrected chi connectivity index (χ1v) is 7.82. The van der Waals surface area contributed by atoms with Gasteiger partial charge in [0.05, 0.1) is 24.6 Å². The van der Waals surface area contributed by atoms with Gasteiger partial charge in [0.15, 0.2) is 0 Å². The van der Waals surface area contributed by atoms with Crippen LogP contribution in [0.15, 0.2) is 12.1 Å². The van der Waals surface area contributed by atoms with E-state index in [4.69, 9.17) is 16.3 Å². The van der Waals surface area contributed by atoms with Crippen LogP contribution in [0.4, 0.5) is 5.69 Å². The predicted molar refractivity (Wildman–Crippen MR) is 84.1 cm³/mol. The van der Waals surface area contributed by atoms with Crippen molar-refractivity contribution < 1.29 is 14.3 Å². The monoisotopic (exact) mass is 322 g/mol. The summed E-state index contributed by atoms with van der Waals surface area (Å²) in [5, 5.41) is 6.37. The molecule has 5 nitrogen and oxygen atoms in total. The highest BCUT2D eigenvalue weighted by atomic mass is 35.5. The molecule has 3 rings (SSSR count). The van der Waals surface area contributed by atoms with Crippen molar-refractivity contribution in [2.75, 3.05) is 12.4 Å². The van der Waals surface area contributed by atoms with Gasteiger partial charge in [0.1, 0.15) is 5.75 Å². The fraction of sp³-hybridized carbons (Fsp3) is 0.500. The van der Waals surface area contributed by atoms with Gasteiger partial charge in [-0.15, -0.1) is 0 Å². The van der Waals surface area contributed by atoms with Crippen LogP contribution in [0.3, 0.4) is 0 Å². The lowest BCUT2D eigenvalue weighted by Gasteiger charge is -2.12. The van der Waals surface area contributed by atoms with Gasteiger partial charge in [0.25, 0.3) is 0 Å². The van der Waals surface area contributed by atoms with E-state index in [1.165, 1.54) is 7.11 Å². The first kappa shape index (κ1) is 15.2. The molecular weight excluding hydrogens is 304 g/mol. The van der Waals surface area contributed by atoms with Gasteiger partial charge in [-0.2, -0.15) is 0 Å². The third-order valence-electron chi connectivity index (χ3n) is 4.13. The zero-order valence-corrected chi connectivity index (χ0v) is 13.4. The number of carbonyl (C=O) groups is 2. The molecule has 6 heteroatoms. The summed E-state index contributed by atoms with van der Waals surface area (Å²) in [5.41, 5.74) is 1.44. The standard InChI is InChI=1S/C16H19ClN2O3/c1-8-5-13(14(22-2)7-12(8)17)19-16(21)11-6-10(11)15(20)18-9-3-4-9/h5,7,9-11H,3-4,6H2,1-2H3,(H,18,20)(H,19,21). The van der Waals surface area contributed by atoms with Crippen LogP contribution in [0.1, 0.15) is 24.8 Å². The number of hydrogen-bond acceptors (Lipinski definition) is 3. The van der Waals surface area contributed by atoms with Crippen LogP contribution in [-0.2, 0) is 9.59 Å². The molecule has 2 N–H and O–H groups in total. The molecular formula is C16H19ClN2O3. The molecule has 2 aliphatic rings. The van der Waals surface area contributed by atoms with E-state index < -0.39 is 0 Å². The highest BCUT2D eigenvalue weighted by molar-refractivity contribution is 6.31. The van der Waals surface area contributed by atoms with Crippen molar-refractivity contribution in [2.24, 2.45) is 11.8 Å². The number of amides is 2. The lowest BCUT2D eigenvalue weighted by molar-refractivity contribution is -0.125. The van der Waals surface area contributed by atoms with Crippen LogP contribution >= 0.6 is 11.6 Å². The lowest BCUT2D eigenvalue weighted by atomic mass is 10.2. The summed E-state index contributed by atoms with van der Waals surface area (Å²) in [5.74, 6) is -0.0686. The molecule has 2 amide bonds. The summed E-state index contributed by atoms with van der Waals surface area (Å²) in [6.07, 6.45) is 2.71. The number of methoxy groups -OCH3 is 1. The largest absolute Gasteiger partial charge is 0.495 e. The van der Waals surface area contributed by atoms with Gasteiger partial charge in [-0.1, -0.05) is 11.6 Å². The average Bonchev–Trinajstić information content (AvgIpc) is 3.35. The van der Waals surface area contributed by atoms with Crippen molar-refractivity contribution in [3.63, 3.8) is 0 Å². The Bertz CT molecular complexity index is 628. The molecule has 0 heterocycles. The van der Waals surface area contributed by atoms with Crippen LogP contribution in [-0.4, -0.2) is 25.0 Å². The summed E-state index contributed by atoms with van der Waals surface area (Å²) in [6, 6.07) is 3.79. The summed E-state index contributed by atoms with van der Waals surface area (Å²) in [6.45, 7) is 1.86. The molecule has 0 radical (unpaired) electrons. The zero-order chi connectivity index (χ0) is 15.9. The minimum absolute atomic E-state index is 0.00176. The third kappa shape index (κ3) is 3.19. The molecule has 0 saturated heterocycles. The lowest BCUT2D eigenvalue weighted by Crippen LogP contribution is -2.29. The van der Waals surface area contributed by atoms with E-state index in [0.717, 1.165) is 18.4 Å². The highest BCUT2D eigenvalue weighted by Gasteiger charge is 2.49. The Hall–Kier alpha value is -1.75. The van der Waals surface area contributed by atoms with Crippen LogP contribution in [0.25, 0.3) is 0 Å². The van der Waals surface area contributed by atoms with Crippen LogP contribution < -0.4 is 15.4 Å². The fourth-order valence-corrected chi connectivity index (χ4v) is 2.62. The summed E-state index contributed by atoms with van der Waals surface area (Å²) in [7, 11) is 1.53. The predicted octanol–water partition coefficient (Wildman–Crippen LogP) is 2.51. The molecule has 2 saturated carbocycles. The Balaban J connectivity index is 1.63. The Morgan fingerprint density at radius 2 is 1.91 bits per heavy atom. The van der Waals surface area contributed by atoms with E-state index in [0.29, 0.717) is 28.9 Å². The van der Waals surface area contributed by atoms with E-state index in [1.54, 1.807) is 12.1 Å². The van der Waals surface area contributed by atoms with Gasteiger partial charge in [0.2, 0.25) is 11.8 Å². The van der Waals surface area contributed by atoms with Crippen molar-refractivity contribution in [1.82, 2.24) is 5.32 Å². The van der Waals surface area contributed by atoms with Gasteiger partial charge in [-0.3, -0.25) is 9.59 Å². The second kappa shape index (κ2) is 5.80. The number of halogens is 1. The van der Waals surface area contributed by atoms with E-state index in [2.05, 4.69) is 10.6 Å². The third-order valence-corrected chi connectivity index (χ3v) is 4.53. The summed E-state index contributed by atoms with van der Waals surface area (Å²) in [4.78, 5) is 24.2. The smallest absolute Gasteiger partial charge is 0.228 e. The summed E-state index contributed by atoms with van der Waals surface area (Å²) < 4.78 is 5.24. The Morgan fingerprint density at radius 1 is 1.23 bits per heavy atom.